The average Bonchev–Trinajstić information content (AvgIpc) is 3.55. The molecule has 7 rings (SSSR count). The van der Waals surface area contributed by atoms with Crippen LogP contribution in [0.2, 0.25) is 5.02 Å². The summed E-state index contributed by atoms with van der Waals surface area (Å²) >= 11 is 6.13. The van der Waals surface area contributed by atoms with Crippen molar-refractivity contribution in [2.45, 2.75) is 13.3 Å². The number of halogens is 1. The third-order valence-electron chi connectivity index (χ3n) is 7.57. The fraction of sp³-hybridized carbons (Fsp3) is 0.320. The first kappa shape index (κ1) is 18.8. The fourth-order valence-electron chi connectivity index (χ4n) is 5.91. The summed E-state index contributed by atoms with van der Waals surface area (Å²) < 4.78 is 0. The van der Waals surface area contributed by atoms with Gasteiger partial charge in [0.25, 0.3) is 5.91 Å². The highest BCUT2D eigenvalue weighted by Gasteiger charge is 2.67. The fourth-order valence-corrected chi connectivity index (χ4v) is 6.09. The number of allylic oxidation sites excluding steroid dienone is 2. The zero-order valence-corrected chi connectivity index (χ0v) is 17.7. The van der Waals surface area contributed by atoms with Gasteiger partial charge < -0.3 is 5.32 Å². The SMILES string of the molecule is Cc1c(Cl)cccc1NC(=O)c1ccc(N2C(=O)C3C4C=CC(C5CC45)C3C2=O)cc1. The third-order valence-corrected chi connectivity index (χ3v) is 7.98. The Kier molecular flexibility index (Phi) is 3.97. The van der Waals surface area contributed by atoms with Gasteiger partial charge in [-0.05, 0) is 79.0 Å². The molecule has 31 heavy (non-hydrogen) atoms. The number of carbonyl (C=O) groups excluding carboxylic acids is 3. The molecule has 6 heteroatoms. The topological polar surface area (TPSA) is 66.5 Å². The Morgan fingerprint density at radius 3 is 2.19 bits per heavy atom. The molecule has 1 saturated heterocycles. The van der Waals surface area contributed by atoms with Crippen LogP contribution in [0.3, 0.4) is 0 Å². The monoisotopic (exact) mass is 432 g/mol. The highest BCUT2D eigenvalue weighted by atomic mass is 35.5. The second-order valence-electron chi connectivity index (χ2n) is 9.08. The molecule has 4 aliphatic carbocycles. The van der Waals surface area contributed by atoms with Gasteiger partial charge in [-0.15, -0.1) is 0 Å². The van der Waals surface area contributed by atoms with Crippen LogP contribution in [0.4, 0.5) is 11.4 Å². The maximum Gasteiger partial charge on any atom is 0.255 e. The number of benzene rings is 2. The van der Waals surface area contributed by atoms with Gasteiger partial charge in [-0.25, -0.2) is 0 Å². The summed E-state index contributed by atoms with van der Waals surface area (Å²) in [5.41, 5.74) is 2.43. The van der Waals surface area contributed by atoms with E-state index in [1.807, 2.05) is 6.92 Å². The number of carbonyl (C=O) groups is 3. The van der Waals surface area contributed by atoms with Crippen molar-refractivity contribution in [2.75, 3.05) is 10.2 Å². The second kappa shape index (κ2) is 6.54. The second-order valence-corrected chi connectivity index (χ2v) is 9.49. The first-order valence-electron chi connectivity index (χ1n) is 10.7. The highest BCUT2D eigenvalue weighted by Crippen LogP contribution is 2.65. The number of imide groups is 1. The predicted octanol–water partition coefficient (Wildman–Crippen LogP) is 4.46. The Balaban J connectivity index is 1.24. The van der Waals surface area contributed by atoms with E-state index in [-0.39, 0.29) is 41.4 Å². The third kappa shape index (κ3) is 2.66. The number of hydrogen-bond acceptors (Lipinski definition) is 3. The van der Waals surface area contributed by atoms with Gasteiger partial charge in [0.15, 0.2) is 0 Å². The van der Waals surface area contributed by atoms with Crippen molar-refractivity contribution >= 4 is 40.7 Å². The van der Waals surface area contributed by atoms with E-state index in [2.05, 4.69) is 17.5 Å². The van der Waals surface area contributed by atoms with Crippen molar-refractivity contribution < 1.29 is 14.4 Å². The molecule has 6 atom stereocenters. The summed E-state index contributed by atoms with van der Waals surface area (Å²) in [6.07, 6.45) is 5.48. The summed E-state index contributed by atoms with van der Waals surface area (Å²) in [5, 5.41) is 3.45. The normalized spacial score (nSPS) is 32.1. The number of anilines is 2. The van der Waals surface area contributed by atoms with E-state index in [1.54, 1.807) is 42.5 Å². The quantitative estimate of drug-likeness (QED) is 0.575. The number of amides is 3. The largest absolute Gasteiger partial charge is 0.322 e. The van der Waals surface area contributed by atoms with Crippen LogP contribution in [-0.4, -0.2) is 17.7 Å². The van der Waals surface area contributed by atoms with E-state index >= 15 is 0 Å². The smallest absolute Gasteiger partial charge is 0.255 e. The van der Waals surface area contributed by atoms with Crippen LogP contribution in [0, 0.1) is 42.4 Å². The number of nitrogens with zero attached hydrogens (tertiary/aromatic N) is 1. The van der Waals surface area contributed by atoms with Crippen LogP contribution in [0.25, 0.3) is 0 Å². The Labute approximate surface area is 185 Å². The van der Waals surface area contributed by atoms with Crippen LogP contribution >= 0.6 is 11.6 Å². The van der Waals surface area contributed by atoms with E-state index < -0.39 is 0 Å². The van der Waals surface area contributed by atoms with Crippen molar-refractivity contribution in [2.24, 2.45) is 35.5 Å². The molecule has 2 aromatic rings. The summed E-state index contributed by atoms with van der Waals surface area (Å²) in [6, 6.07) is 12.0. The number of rotatable bonds is 3. The lowest BCUT2D eigenvalue weighted by atomic mass is 9.63. The molecule has 2 saturated carbocycles. The number of hydrogen-bond donors (Lipinski definition) is 1. The molecular formula is C25H21ClN2O3. The Hall–Kier alpha value is -2.92. The maximum atomic E-state index is 13.2. The van der Waals surface area contributed by atoms with Crippen LogP contribution in [0.15, 0.2) is 54.6 Å². The molecule has 0 radical (unpaired) electrons. The van der Waals surface area contributed by atoms with Crippen molar-refractivity contribution in [3.8, 4) is 0 Å². The molecule has 5 nitrogen and oxygen atoms in total. The van der Waals surface area contributed by atoms with Gasteiger partial charge in [0, 0.05) is 16.3 Å². The predicted molar refractivity (Wildman–Crippen MR) is 118 cm³/mol. The van der Waals surface area contributed by atoms with Crippen LogP contribution in [0.1, 0.15) is 22.3 Å². The molecule has 0 spiro atoms. The molecule has 2 aromatic carbocycles. The first-order valence-corrected chi connectivity index (χ1v) is 11.1. The summed E-state index contributed by atoms with van der Waals surface area (Å²) in [4.78, 5) is 40.4. The van der Waals surface area contributed by atoms with Crippen molar-refractivity contribution in [3.63, 3.8) is 0 Å². The molecule has 3 amide bonds. The van der Waals surface area contributed by atoms with Crippen molar-refractivity contribution in [1.29, 1.82) is 0 Å². The summed E-state index contributed by atoms with van der Waals surface area (Å²) in [5.74, 6) is 0.660. The first-order chi connectivity index (χ1) is 15.0. The van der Waals surface area contributed by atoms with Crippen molar-refractivity contribution in [3.05, 3.63) is 70.8 Å². The molecule has 1 N–H and O–H groups in total. The van der Waals surface area contributed by atoms with Gasteiger partial charge in [-0.2, -0.15) is 0 Å². The molecule has 3 fully saturated rings. The number of nitrogens with one attached hydrogen (secondary N) is 1. The molecule has 2 bridgehead atoms. The zero-order chi connectivity index (χ0) is 21.4. The van der Waals surface area contributed by atoms with Crippen LogP contribution in [0.5, 0.6) is 0 Å². The Morgan fingerprint density at radius 1 is 0.968 bits per heavy atom. The lowest BCUT2D eigenvalue weighted by Crippen LogP contribution is -2.40. The van der Waals surface area contributed by atoms with Crippen molar-refractivity contribution in [1.82, 2.24) is 0 Å². The van der Waals surface area contributed by atoms with E-state index in [4.69, 9.17) is 11.6 Å². The molecule has 0 aromatic heterocycles. The van der Waals surface area contributed by atoms with E-state index in [0.717, 1.165) is 12.0 Å². The van der Waals surface area contributed by atoms with E-state index in [0.29, 0.717) is 33.8 Å². The van der Waals surface area contributed by atoms with Gasteiger partial charge in [-0.3, -0.25) is 19.3 Å². The molecule has 5 aliphatic rings. The lowest BCUT2D eigenvalue weighted by Gasteiger charge is -2.37. The average molecular weight is 433 g/mol. The van der Waals surface area contributed by atoms with Gasteiger partial charge in [0.05, 0.1) is 17.5 Å². The van der Waals surface area contributed by atoms with Gasteiger partial charge in [0.1, 0.15) is 0 Å². The highest BCUT2D eigenvalue weighted by molar-refractivity contribution is 6.31. The minimum atomic E-state index is -0.271. The van der Waals surface area contributed by atoms with Gasteiger partial charge in [-0.1, -0.05) is 29.8 Å². The molecule has 156 valence electrons. The lowest BCUT2D eigenvalue weighted by molar-refractivity contribution is -0.124. The van der Waals surface area contributed by atoms with E-state index in [9.17, 15) is 14.4 Å². The molecule has 6 unspecified atom stereocenters. The van der Waals surface area contributed by atoms with Gasteiger partial charge >= 0.3 is 0 Å². The minimum Gasteiger partial charge on any atom is -0.322 e. The van der Waals surface area contributed by atoms with E-state index in [1.165, 1.54) is 4.90 Å². The standard InChI is InChI=1S/C25H21ClN2O3/c1-12-19(26)3-2-4-20(12)27-23(29)13-5-7-14(8-6-13)28-24(30)21-15-9-10-16(18-11-17(15)18)22(21)25(28)31/h2-10,15-18,21-22H,11H2,1H3,(H,27,29). The molecule has 1 aliphatic heterocycles. The molecular weight excluding hydrogens is 412 g/mol. The molecule has 1 heterocycles. The minimum absolute atomic E-state index is 0.0912. The Bertz CT molecular complexity index is 1140. The summed E-state index contributed by atoms with van der Waals surface area (Å²) in [6.45, 7) is 1.84. The van der Waals surface area contributed by atoms with Gasteiger partial charge in [0.2, 0.25) is 11.8 Å². The van der Waals surface area contributed by atoms with Crippen LogP contribution < -0.4 is 10.2 Å². The zero-order valence-electron chi connectivity index (χ0n) is 16.9. The van der Waals surface area contributed by atoms with Crippen LogP contribution in [-0.2, 0) is 9.59 Å². The maximum absolute atomic E-state index is 13.2. The Morgan fingerprint density at radius 2 is 1.58 bits per heavy atom. The summed E-state index contributed by atoms with van der Waals surface area (Å²) in [7, 11) is 0.